The van der Waals surface area contributed by atoms with E-state index in [1.54, 1.807) is 7.05 Å². The Balaban J connectivity index is 1.21. The summed E-state index contributed by atoms with van der Waals surface area (Å²) in [5, 5.41) is 6.01. The fourth-order valence-electron chi connectivity index (χ4n) is 4.58. The number of carbonyl (C=O) groups excluding carboxylic acids is 2. The first-order chi connectivity index (χ1) is 14.9. The maximum Gasteiger partial charge on any atom is 0.417 e. The predicted molar refractivity (Wildman–Crippen MR) is 117 cm³/mol. The Morgan fingerprint density at radius 2 is 2.06 bits per heavy atom. The number of nitrogens with one attached hydrogen (secondary N) is 1. The van der Waals surface area contributed by atoms with Crippen LogP contribution in [0.2, 0.25) is 0 Å². The quantitative estimate of drug-likeness (QED) is 0.661. The maximum absolute atomic E-state index is 12.3. The third-order valence-electron chi connectivity index (χ3n) is 6.20. The highest BCUT2D eigenvalue weighted by Crippen LogP contribution is 2.43. The zero-order valence-corrected chi connectivity index (χ0v) is 19.2. The molecule has 3 heterocycles. The van der Waals surface area contributed by atoms with Crippen LogP contribution < -0.4 is 15.0 Å². The van der Waals surface area contributed by atoms with Gasteiger partial charge < -0.3 is 24.4 Å². The highest BCUT2D eigenvalue weighted by molar-refractivity contribution is 9.10. The number of ether oxygens (including phenoxy) is 1. The lowest BCUT2D eigenvalue weighted by atomic mass is 10.0. The summed E-state index contributed by atoms with van der Waals surface area (Å²) in [4.78, 5) is 32.2. The minimum atomic E-state index is -0.523. The van der Waals surface area contributed by atoms with Gasteiger partial charge in [-0.05, 0) is 65.1 Å². The van der Waals surface area contributed by atoms with Crippen molar-refractivity contribution in [1.29, 1.82) is 0 Å². The monoisotopic (exact) mass is 491 g/mol. The zero-order chi connectivity index (χ0) is 22.0. The van der Waals surface area contributed by atoms with Crippen LogP contribution >= 0.6 is 15.9 Å². The average molecular weight is 492 g/mol. The van der Waals surface area contributed by atoms with Gasteiger partial charge in [0.2, 0.25) is 0 Å². The standard InChI is InChI=1S/C21H26BrN5O4/c1-23-20(28)17-9-19(31-25-17)30-21(29)26(2)6-5-13-7-14-11-27(12-15(14)8-13)18-4-3-16(22)10-24-18/h3-4,9-10,13-15H,5-8,11-12H2,1-2H3,(H,23,28). The third-order valence-corrected chi connectivity index (χ3v) is 6.67. The molecule has 2 aromatic rings. The van der Waals surface area contributed by atoms with Crippen molar-refractivity contribution in [2.45, 2.75) is 19.3 Å². The number of fused-ring (bicyclic) bond motifs is 1. The van der Waals surface area contributed by atoms with Crippen molar-refractivity contribution in [2.24, 2.45) is 17.8 Å². The highest BCUT2D eigenvalue weighted by Gasteiger charge is 2.41. The number of hydrogen-bond donors (Lipinski definition) is 1. The summed E-state index contributed by atoms with van der Waals surface area (Å²) in [6.07, 6.45) is 4.62. The van der Waals surface area contributed by atoms with Crippen LogP contribution in [0.3, 0.4) is 0 Å². The topological polar surface area (TPSA) is 101 Å². The Morgan fingerprint density at radius 1 is 1.32 bits per heavy atom. The smallest absolute Gasteiger partial charge is 0.374 e. The number of anilines is 1. The lowest BCUT2D eigenvalue weighted by molar-refractivity contribution is 0.0954. The third kappa shape index (κ3) is 5.00. The highest BCUT2D eigenvalue weighted by atomic mass is 79.9. The second kappa shape index (κ2) is 9.25. The number of carbonyl (C=O) groups is 2. The molecule has 2 unspecified atom stereocenters. The SMILES string of the molecule is CNC(=O)c1cc(OC(=O)N(C)CCC2CC3CN(c4ccc(Br)cn4)CC3C2)on1. The normalized spacial score (nSPS) is 22.3. The van der Waals surface area contributed by atoms with E-state index in [1.165, 1.54) is 30.9 Å². The molecule has 1 N–H and O–H groups in total. The molecule has 1 aliphatic carbocycles. The molecule has 0 bridgehead atoms. The Labute approximate surface area is 189 Å². The van der Waals surface area contributed by atoms with E-state index in [1.807, 2.05) is 12.3 Å². The summed E-state index contributed by atoms with van der Waals surface area (Å²) in [7, 11) is 3.19. The number of hydrogen-bond acceptors (Lipinski definition) is 7. The Bertz CT molecular complexity index is 920. The van der Waals surface area contributed by atoms with Crippen LogP contribution in [0.25, 0.3) is 0 Å². The van der Waals surface area contributed by atoms with Crippen LogP contribution in [0.4, 0.5) is 10.6 Å². The molecule has 2 aliphatic rings. The molecule has 1 saturated carbocycles. The molecular formula is C21H26BrN5O4. The van der Waals surface area contributed by atoms with Crippen LogP contribution in [0.15, 0.2) is 33.4 Å². The van der Waals surface area contributed by atoms with Crippen LogP contribution in [0, 0.1) is 17.8 Å². The van der Waals surface area contributed by atoms with Crippen molar-refractivity contribution in [2.75, 3.05) is 38.6 Å². The fourth-order valence-corrected chi connectivity index (χ4v) is 4.81. The second-order valence-electron chi connectivity index (χ2n) is 8.29. The van der Waals surface area contributed by atoms with E-state index in [0.717, 1.165) is 29.8 Å². The van der Waals surface area contributed by atoms with Gasteiger partial charge in [0.1, 0.15) is 5.82 Å². The molecule has 2 fully saturated rings. The lowest BCUT2D eigenvalue weighted by Gasteiger charge is -2.21. The molecule has 0 aromatic carbocycles. The fraction of sp³-hybridized carbons (Fsp3) is 0.524. The largest absolute Gasteiger partial charge is 0.417 e. The Morgan fingerprint density at radius 3 is 2.71 bits per heavy atom. The minimum Gasteiger partial charge on any atom is -0.374 e. The molecule has 166 valence electrons. The zero-order valence-electron chi connectivity index (χ0n) is 17.6. The van der Waals surface area contributed by atoms with E-state index in [4.69, 9.17) is 9.26 Å². The maximum atomic E-state index is 12.3. The van der Waals surface area contributed by atoms with Crippen molar-refractivity contribution in [3.8, 4) is 5.95 Å². The van der Waals surface area contributed by atoms with Crippen molar-refractivity contribution < 1.29 is 18.8 Å². The summed E-state index contributed by atoms with van der Waals surface area (Å²) in [6.45, 7) is 2.71. The van der Waals surface area contributed by atoms with E-state index < -0.39 is 12.0 Å². The van der Waals surface area contributed by atoms with Gasteiger partial charge in [0.15, 0.2) is 5.69 Å². The number of pyridine rings is 1. The van der Waals surface area contributed by atoms with Gasteiger partial charge in [0.05, 0.1) is 6.07 Å². The molecule has 0 spiro atoms. The summed E-state index contributed by atoms with van der Waals surface area (Å²) in [6, 6.07) is 5.40. The number of amides is 2. The van der Waals surface area contributed by atoms with Gasteiger partial charge in [0.25, 0.3) is 5.91 Å². The van der Waals surface area contributed by atoms with Gasteiger partial charge in [-0.2, -0.15) is 0 Å². The van der Waals surface area contributed by atoms with Crippen LogP contribution in [-0.2, 0) is 0 Å². The van der Waals surface area contributed by atoms with Crippen LogP contribution in [0.5, 0.6) is 5.95 Å². The molecule has 0 radical (unpaired) electrons. The first kappa shape index (κ1) is 21.6. The number of rotatable bonds is 6. The van der Waals surface area contributed by atoms with Gasteiger partial charge in [-0.3, -0.25) is 4.79 Å². The van der Waals surface area contributed by atoms with E-state index in [2.05, 4.69) is 42.4 Å². The summed E-state index contributed by atoms with van der Waals surface area (Å²) < 4.78 is 11.1. The number of aromatic nitrogens is 2. The van der Waals surface area contributed by atoms with Gasteiger partial charge in [-0.15, -0.1) is 0 Å². The lowest BCUT2D eigenvalue weighted by Crippen LogP contribution is -2.31. The van der Waals surface area contributed by atoms with Crippen molar-refractivity contribution in [3.05, 3.63) is 34.6 Å². The van der Waals surface area contributed by atoms with Crippen molar-refractivity contribution in [1.82, 2.24) is 20.4 Å². The number of nitrogens with zero attached hydrogens (tertiary/aromatic N) is 4. The molecule has 1 aliphatic heterocycles. The van der Waals surface area contributed by atoms with E-state index in [-0.39, 0.29) is 11.6 Å². The van der Waals surface area contributed by atoms with Crippen LogP contribution in [0.1, 0.15) is 29.8 Å². The molecular weight excluding hydrogens is 466 g/mol. The summed E-state index contributed by atoms with van der Waals surface area (Å²) in [5.41, 5.74) is 0.0674. The van der Waals surface area contributed by atoms with Gasteiger partial charge in [-0.25, -0.2) is 9.78 Å². The first-order valence-electron chi connectivity index (χ1n) is 10.4. The predicted octanol–water partition coefficient (Wildman–Crippen LogP) is 3.18. The van der Waals surface area contributed by atoms with E-state index in [9.17, 15) is 9.59 Å². The molecule has 9 nitrogen and oxygen atoms in total. The Hall–Kier alpha value is -2.62. The van der Waals surface area contributed by atoms with Crippen molar-refractivity contribution in [3.63, 3.8) is 0 Å². The van der Waals surface area contributed by atoms with E-state index in [0.29, 0.717) is 24.3 Å². The molecule has 2 atom stereocenters. The molecule has 10 heteroatoms. The summed E-state index contributed by atoms with van der Waals surface area (Å²) in [5.74, 6) is 2.53. The van der Waals surface area contributed by atoms with Gasteiger partial charge in [-0.1, -0.05) is 5.16 Å². The molecule has 2 aromatic heterocycles. The molecule has 31 heavy (non-hydrogen) atoms. The van der Waals surface area contributed by atoms with Gasteiger partial charge >= 0.3 is 12.0 Å². The second-order valence-corrected chi connectivity index (χ2v) is 9.20. The Kier molecular flexibility index (Phi) is 6.45. The first-order valence-corrected chi connectivity index (χ1v) is 11.2. The minimum absolute atomic E-state index is 0.0674. The van der Waals surface area contributed by atoms with Crippen molar-refractivity contribution >= 4 is 33.7 Å². The molecule has 4 rings (SSSR count). The van der Waals surface area contributed by atoms with Crippen LogP contribution in [-0.4, -0.2) is 60.8 Å². The van der Waals surface area contributed by atoms with E-state index >= 15 is 0 Å². The summed E-state index contributed by atoms with van der Waals surface area (Å²) >= 11 is 3.44. The molecule has 1 saturated heterocycles. The number of halogens is 1. The average Bonchev–Trinajstić information content (AvgIpc) is 3.47. The molecule has 2 amide bonds. The van der Waals surface area contributed by atoms with Gasteiger partial charge in [0, 0.05) is 44.4 Å².